The van der Waals surface area contributed by atoms with Crippen LogP contribution in [-0.4, -0.2) is 64.0 Å². The van der Waals surface area contributed by atoms with Gasteiger partial charge >= 0.3 is 0 Å². The molecule has 0 spiro atoms. The normalized spacial score (nSPS) is 18.8. The number of hydrogen-bond acceptors (Lipinski definition) is 10. The molecule has 196 valence electrons. The SMILES string of the molecule is N#Cc1cc(Nc2nc(NC3CC3)c3ncc(C#N)n3n2)c(Cl)c(N2CCC(NC3CCOCC3)CC2)c1. The van der Waals surface area contributed by atoms with Crippen LogP contribution in [0.3, 0.4) is 0 Å². The van der Waals surface area contributed by atoms with Gasteiger partial charge in [0.15, 0.2) is 17.2 Å². The van der Waals surface area contributed by atoms with Crippen molar-refractivity contribution < 1.29 is 4.74 Å². The predicted molar refractivity (Wildman–Crippen MR) is 144 cm³/mol. The summed E-state index contributed by atoms with van der Waals surface area (Å²) in [5.41, 5.74) is 2.65. The van der Waals surface area contributed by atoms with Gasteiger partial charge in [-0.2, -0.15) is 20.0 Å². The number of hydrogen-bond donors (Lipinski definition) is 3. The zero-order chi connectivity index (χ0) is 26.1. The first-order chi connectivity index (χ1) is 18.6. The number of anilines is 4. The van der Waals surface area contributed by atoms with Crippen LogP contribution in [0.15, 0.2) is 18.3 Å². The molecule has 3 aromatic rings. The van der Waals surface area contributed by atoms with Crippen molar-refractivity contribution in [2.24, 2.45) is 0 Å². The number of imidazole rings is 1. The lowest BCUT2D eigenvalue weighted by Gasteiger charge is -2.37. The van der Waals surface area contributed by atoms with Gasteiger partial charge in [-0.25, -0.2) is 4.98 Å². The number of halogens is 1. The van der Waals surface area contributed by atoms with Crippen LogP contribution in [0.2, 0.25) is 5.02 Å². The van der Waals surface area contributed by atoms with Gasteiger partial charge in [-0.3, -0.25) is 0 Å². The molecule has 0 radical (unpaired) electrons. The molecule has 2 aromatic heterocycles. The summed E-state index contributed by atoms with van der Waals surface area (Å²) in [6.45, 7) is 3.34. The van der Waals surface area contributed by atoms with Crippen molar-refractivity contribution in [1.29, 1.82) is 10.5 Å². The van der Waals surface area contributed by atoms with Crippen LogP contribution < -0.4 is 20.9 Å². The molecule has 3 aliphatic rings. The minimum atomic E-state index is 0.262. The third-order valence-corrected chi connectivity index (χ3v) is 7.75. The van der Waals surface area contributed by atoms with Crippen molar-refractivity contribution in [3.05, 3.63) is 34.6 Å². The van der Waals surface area contributed by atoms with Gasteiger partial charge in [0, 0.05) is 44.4 Å². The molecule has 6 rings (SSSR count). The smallest absolute Gasteiger partial charge is 0.247 e. The molecule has 1 aliphatic carbocycles. The molecule has 2 saturated heterocycles. The van der Waals surface area contributed by atoms with Gasteiger partial charge in [-0.15, -0.1) is 5.10 Å². The lowest BCUT2D eigenvalue weighted by atomic mass is 10.0. The fourth-order valence-electron chi connectivity index (χ4n) is 5.13. The summed E-state index contributed by atoms with van der Waals surface area (Å²) in [6, 6.07) is 9.23. The number of nitrogens with zero attached hydrogens (tertiary/aromatic N) is 7. The average molecular weight is 533 g/mol. The van der Waals surface area contributed by atoms with E-state index in [1.807, 2.05) is 6.07 Å². The fourth-order valence-corrected chi connectivity index (χ4v) is 5.40. The minimum Gasteiger partial charge on any atom is -0.381 e. The Kier molecular flexibility index (Phi) is 6.90. The maximum atomic E-state index is 9.75. The van der Waals surface area contributed by atoms with E-state index in [1.54, 1.807) is 6.07 Å². The number of fused-ring (bicyclic) bond motifs is 1. The standard InChI is InChI=1S/C26H29ClN10O/c27-23-21(33-26-34-24(32-17-1-2-17)25-30-15-20(14-29)37(25)35-26)11-16(13-28)12-22(23)36-7-3-18(4-8-36)31-19-5-9-38-10-6-19/h11-12,15,17-19,31H,1-10H2,(H2,32,33,34,35). The van der Waals surface area contributed by atoms with Crippen molar-refractivity contribution in [2.45, 2.75) is 56.7 Å². The molecule has 2 aliphatic heterocycles. The van der Waals surface area contributed by atoms with E-state index in [0.717, 1.165) is 70.5 Å². The molecule has 38 heavy (non-hydrogen) atoms. The Morgan fingerprint density at radius 3 is 2.45 bits per heavy atom. The highest BCUT2D eigenvalue weighted by molar-refractivity contribution is 6.36. The monoisotopic (exact) mass is 532 g/mol. The Balaban J connectivity index is 1.24. The summed E-state index contributed by atoms with van der Waals surface area (Å²) >= 11 is 6.92. The number of benzene rings is 1. The largest absolute Gasteiger partial charge is 0.381 e. The summed E-state index contributed by atoms with van der Waals surface area (Å²) < 4.78 is 6.95. The molecule has 0 bridgehead atoms. The molecule has 12 heteroatoms. The van der Waals surface area contributed by atoms with Gasteiger partial charge in [0.2, 0.25) is 5.95 Å². The van der Waals surface area contributed by atoms with E-state index in [9.17, 15) is 10.5 Å². The van der Waals surface area contributed by atoms with E-state index in [-0.39, 0.29) is 5.95 Å². The average Bonchev–Trinajstić information content (AvgIpc) is 3.66. The van der Waals surface area contributed by atoms with Crippen molar-refractivity contribution in [3.63, 3.8) is 0 Å². The van der Waals surface area contributed by atoms with E-state index in [2.05, 4.69) is 48.1 Å². The molecule has 3 N–H and O–H groups in total. The third kappa shape index (κ3) is 5.18. The molecule has 1 saturated carbocycles. The van der Waals surface area contributed by atoms with Crippen LogP contribution in [0.5, 0.6) is 0 Å². The van der Waals surface area contributed by atoms with Crippen molar-refractivity contribution >= 4 is 40.4 Å². The highest BCUT2D eigenvalue weighted by atomic mass is 35.5. The Hall–Kier alpha value is -3.64. The van der Waals surface area contributed by atoms with Gasteiger partial charge in [-0.1, -0.05) is 11.6 Å². The summed E-state index contributed by atoms with van der Waals surface area (Å²) in [7, 11) is 0. The zero-order valence-corrected chi connectivity index (χ0v) is 21.7. The van der Waals surface area contributed by atoms with Gasteiger partial charge < -0.3 is 25.6 Å². The maximum Gasteiger partial charge on any atom is 0.247 e. The highest BCUT2D eigenvalue weighted by Gasteiger charge is 2.26. The number of aromatic nitrogens is 4. The van der Waals surface area contributed by atoms with E-state index in [1.165, 1.54) is 10.7 Å². The first-order valence-corrected chi connectivity index (χ1v) is 13.5. The second-order valence-corrected chi connectivity index (χ2v) is 10.5. The Labute approximate surface area is 225 Å². The first-order valence-electron chi connectivity index (χ1n) is 13.1. The third-order valence-electron chi connectivity index (χ3n) is 7.35. The zero-order valence-electron chi connectivity index (χ0n) is 21.0. The van der Waals surface area contributed by atoms with Gasteiger partial charge in [0.1, 0.15) is 6.07 Å². The molecule has 0 amide bonds. The molecular formula is C26H29ClN10O. The summed E-state index contributed by atoms with van der Waals surface area (Å²) in [6.07, 6.45) is 7.73. The molecular weight excluding hydrogens is 504 g/mol. The van der Waals surface area contributed by atoms with Crippen molar-refractivity contribution in [2.75, 3.05) is 41.8 Å². The van der Waals surface area contributed by atoms with Crippen LogP contribution >= 0.6 is 11.6 Å². The Bertz CT molecular complexity index is 1410. The minimum absolute atomic E-state index is 0.262. The second kappa shape index (κ2) is 10.6. The van der Waals surface area contributed by atoms with Crippen molar-refractivity contribution in [1.82, 2.24) is 24.9 Å². The van der Waals surface area contributed by atoms with Crippen LogP contribution in [0.4, 0.5) is 23.1 Å². The Morgan fingerprint density at radius 1 is 0.974 bits per heavy atom. The van der Waals surface area contributed by atoms with E-state index >= 15 is 0 Å². The second-order valence-electron chi connectivity index (χ2n) is 10.1. The van der Waals surface area contributed by atoms with Crippen LogP contribution in [0, 0.1) is 22.7 Å². The number of nitrogens with one attached hydrogen (secondary N) is 3. The van der Waals surface area contributed by atoms with Crippen molar-refractivity contribution in [3.8, 4) is 12.1 Å². The highest BCUT2D eigenvalue weighted by Crippen LogP contribution is 2.37. The van der Waals surface area contributed by atoms with Crippen LogP contribution in [0.25, 0.3) is 5.65 Å². The molecule has 4 heterocycles. The fraction of sp³-hybridized carbons (Fsp3) is 0.500. The quantitative estimate of drug-likeness (QED) is 0.413. The number of nitriles is 2. The summed E-state index contributed by atoms with van der Waals surface area (Å²) in [5.74, 6) is 0.816. The number of piperidine rings is 1. The topological polar surface area (TPSA) is 139 Å². The number of ether oxygens (including phenoxy) is 1. The van der Waals surface area contributed by atoms with E-state index in [4.69, 9.17) is 16.3 Å². The lowest BCUT2D eigenvalue weighted by molar-refractivity contribution is 0.0738. The molecule has 1 aromatic carbocycles. The summed E-state index contributed by atoms with van der Waals surface area (Å²) in [4.78, 5) is 11.2. The van der Waals surface area contributed by atoms with Gasteiger partial charge in [0.25, 0.3) is 0 Å². The molecule has 0 atom stereocenters. The van der Waals surface area contributed by atoms with Gasteiger partial charge in [-0.05, 0) is 50.7 Å². The number of rotatable bonds is 7. The molecule has 0 unspecified atom stereocenters. The maximum absolute atomic E-state index is 9.75. The lowest BCUT2D eigenvalue weighted by Crippen LogP contribution is -2.47. The molecule has 3 fully saturated rings. The predicted octanol–water partition coefficient (Wildman–Crippen LogP) is 3.58. The summed E-state index contributed by atoms with van der Waals surface area (Å²) in [5, 5.41) is 34.6. The molecule has 11 nitrogen and oxygen atoms in total. The Morgan fingerprint density at radius 2 is 1.74 bits per heavy atom. The van der Waals surface area contributed by atoms with E-state index in [0.29, 0.717) is 51.6 Å². The van der Waals surface area contributed by atoms with Gasteiger partial charge in [0.05, 0.1) is 34.2 Å². The van der Waals surface area contributed by atoms with Crippen LogP contribution in [-0.2, 0) is 4.74 Å². The van der Waals surface area contributed by atoms with E-state index < -0.39 is 0 Å². The first kappa shape index (κ1) is 24.7. The van der Waals surface area contributed by atoms with Crippen LogP contribution in [0.1, 0.15) is 49.8 Å².